The van der Waals surface area contributed by atoms with Gasteiger partial charge in [0.05, 0.1) is 18.4 Å². The zero-order chi connectivity index (χ0) is 19.6. The first-order valence-electron chi connectivity index (χ1n) is 10.1. The van der Waals surface area contributed by atoms with Crippen molar-refractivity contribution in [3.8, 4) is 5.75 Å². The molecule has 7 atom stereocenters. The summed E-state index contributed by atoms with van der Waals surface area (Å²) in [6.45, 7) is 4.11. The highest BCUT2D eigenvalue weighted by molar-refractivity contribution is 6.10. The summed E-state index contributed by atoms with van der Waals surface area (Å²) in [6, 6.07) is 6.23. The average molecular weight is 380 g/mol. The number of hydrogen-bond donors (Lipinski definition) is 1. The summed E-state index contributed by atoms with van der Waals surface area (Å²) in [4.78, 5) is 40.2. The third-order valence-electron chi connectivity index (χ3n) is 6.90. The van der Waals surface area contributed by atoms with E-state index in [1.54, 1.807) is 31.2 Å². The Bertz CT molecular complexity index is 841. The zero-order valence-corrected chi connectivity index (χ0v) is 16.0. The van der Waals surface area contributed by atoms with E-state index in [0.717, 1.165) is 12.2 Å². The molecule has 1 aliphatic heterocycles. The highest BCUT2D eigenvalue weighted by atomic mass is 16.5. The van der Waals surface area contributed by atoms with Crippen molar-refractivity contribution in [2.24, 2.45) is 35.5 Å². The van der Waals surface area contributed by atoms with Gasteiger partial charge in [0, 0.05) is 5.69 Å². The van der Waals surface area contributed by atoms with E-state index in [1.807, 2.05) is 6.92 Å². The van der Waals surface area contributed by atoms with Crippen LogP contribution in [0.3, 0.4) is 0 Å². The van der Waals surface area contributed by atoms with Crippen LogP contribution >= 0.6 is 0 Å². The van der Waals surface area contributed by atoms with Crippen LogP contribution in [-0.4, -0.2) is 35.3 Å². The Morgan fingerprint density at radius 3 is 2.21 bits per heavy atom. The molecule has 0 unspecified atom stereocenters. The van der Waals surface area contributed by atoms with Crippen molar-refractivity contribution in [3.63, 3.8) is 0 Å². The molecular weight excluding hydrogens is 356 g/mol. The predicted octanol–water partition coefficient (Wildman–Crippen LogP) is 2.47. The minimum Gasteiger partial charge on any atom is -0.494 e. The summed E-state index contributed by atoms with van der Waals surface area (Å²) >= 11 is 0. The number of allylic oxidation sites excluding steroid dienone is 2. The summed E-state index contributed by atoms with van der Waals surface area (Å²) in [5.41, 5.74) is 0.611. The van der Waals surface area contributed by atoms with Crippen molar-refractivity contribution in [2.75, 3.05) is 11.9 Å². The van der Waals surface area contributed by atoms with Gasteiger partial charge in [0.1, 0.15) is 11.8 Å². The Kier molecular flexibility index (Phi) is 3.86. The fraction of sp³-hybridized carbons (Fsp3) is 0.500. The lowest BCUT2D eigenvalue weighted by Crippen LogP contribution is -2.46. The van der Waals surface area contributed by atoms with Crippen molar-refractivity contribution in [2.45, 2.75) is 26.3 Å². The molecule has 146 valence electrons. The molecule has 28 heavy (non-hydrogen) atoms. The van der Waals surface area contributed by atoms with Gasteiger partial charge < -0.3 is 10.1 Å². The maximum Gasteiger partial charge on any atom is 0.247 e. The number of amides is 3. The van der Waals surface area contributed by atoms with E-state index in [-0.39, 0.29) is 41.4 Å². The van der Waals surface area contributed by atoms with Gasteiger partial charge in [-0.15, -0.1) is 0 Å². The first-order chi connectivity index (χ1) is 13.5. The van der Waals surface area contributed by atoms with E-state index < -0.39 is 6.04 Å². The first kappa shape index (κ1) is 17.5. The predicted molar refractivity (Wildman–Crippen MR) is 102 cm³/mol. The van der Waals surface area contributed by atoms with Crippen molar-refractivity contribution in [1.82, 2.24) is 4.90 Å². The van der Waals surface area contributed by atoms with Crippen molar-refractivity contribution < 1.29 is 19.1 Å². The fourth-order valence-electron chi connectivity index (χ4n) is 5.53. The van der Waals surface area contributed by atoms with E-state index in [4.69, 9.17) is 4.74 Å². The normalized spacial score (nSPS) is 35.4. The van der Waals surface area contributed by atoms with Crippen LogP contribution in [-0.2, 0) is 14.4 Å². The molecule has 3 fully saturated rings. The molecule has 0 radical (unpaired) electrons. The van der Waals surface area contributed by atoms with Gasteiger partial charge in [-0.1, -0.05) is 12.2 Å². The summed E-state index contributed by atoms with van der Waals surface area (Å²) in [7, 11) is 0. The Morgan fingerprint density at radius 1 is 1.11 bits per heavy atom. The Hall–Kier alpha value is -2.63. The minimum atomic E-state index is -0.826. The third kappa shape index (κ3) is 2.43. The van der Waals surface area contributed by atoms with Crippen LogP contribution in [0.4, 0.5) is 5.69 Å². The second-order valence-corrected chi connectivity index (χ2v) is 8.32. The SMILES string of the molecule is CCOc1ccc(NC(=O)[C@H](C)N2C(=O)[C@H]3[C@@H]4C=C[C@H]([C@H]5C[C@H]45)[C@@H]3C2=O)cc1. The summed E-state index contributed by atoms with van der Waals surface area (Å²) < 4.78 is 5.40. The topological polar surface area (TPSA) is 75.7 Å². The average Bonchev–Trinajstić information content (AvgIpc) is 3.47. The summed E-state index contributed by atoms with van der Waals surface area (Å²) in [5.74, 6) is 0.939. The monoisotopic (exact) mass is 380 g/mol. The number of carbonyl (C=O) groups excluding carboxylic acids is 3. The van der Waals surface area contributed by atoms with Gasteiger partial charge in [-0.2, -0.15) is 0 Å². The van der Waals surface area contributed by atoms with E-state index >= 15 is 0 Å². The highest BCUT2D eigenvalue weighted by Gasteiger charge is 2.67. The number of anilines is 1. The minimum absolute atomic E-state index is 0.169. The summed E-state index contributed by atoms with van der Waals surface area (Å²) in [5, 5.41) is 2.81. The van der Waals surface area contributed by atoms with Crippen molar-refractivity contribution in [1.29, 1.82) is 0 Å². The molecule has 3 amide bonds. The van der Waals surface area contributed by atoms with Crippen LogP contribution in [0, 0.1) is 35.5 Å². The summed E-state index contributed by atoms with van der Waals surface area (Å²) in [6.07, 6.45) is 5.41. The number of likely N-dealkylation sites (tertiary alicyclic amines) is 1. The number of carbonyl (C=O) groups is 3. The van der Waals surface area contributed by atoms with Crippen LogP contribution in [0.25, 0.3) is 0 Å². The fourth-order valence-corrected chi connectivity index (χ4v) is 5.53. The molecule has 1 saturated heterocycles. The first-order valence-corrected chi connectivity index (χ1v) is 10.1. The molecule has 6 nitrogen and oxygen atoms in total. The quantitative estimate of drug-likeness (QED) is 0.629. The molecule has 1 heterocycles. The molecule has 6 heteroatoms. The molecule has 4 aliphatic carbocycles. The molecule has 0 spiro atoms. The number of rotatable bonds is 5. The molecule has 2 bridgehead atoms. The van der Waals surface area contributed by atoms with Gasteiger partial charge in [-0.3, -0.25) is 19.3 Å². The molecule has 2 saturated carbocycles. The van der Waals surface area contributed by atoms with Crippen LogP contribution < -0.4 is 10.1 Å². The van der Waals surface area contributed by atoms with Gasteiger partial charge in [-0.05, 0) is 68.2 Å². The second kappa shape index (κ2) is 6.19. The number of imide groups is 1. The number of benzene rings is 1. The van der Waals surface area contributed by atoms with Crippen LogP contribution in [0.15, 0.2) is 36.4 Å². The third-order valence-corrected chi connectivity index (χ3v) is 6.90. The van der Waals surface area contributed by atoms with Gasteiger partial charge >= 0.3 is 0 Å². The van der Waals surface area contributed by atoms with Gasteiger partial charge in [0.15, 0.2) is 0 Å². The Morgan fingerprint density at radius 2 is 1.68 bits per heavy atom. The van der Waals surface area contributed by atoms with E-state index in [2.05, 4.69) is 17.5 Å². The number of hydrogen-bond acceptors (Lipinski definition) is 4. The molecule has 0 aromatic heterocycles. The lowest BCUT2D eigenvalue weighted by molar-refractivity contribution is -0.146. The molecule has 5 aliphatic rings. The lowest BCUT2D eigenvalue weighted by Gasteiger charge is -2.37. The van der Waals surface area contributed by atoms with Gasteiger partial charge in [0.25, 0.3) is 0 Å². The molecule has 1 aromatic rings. The molecular formula is C22H24N2O4. The van der Waals surface area contributed by atoms with E-state index in [0.29, 0.717) is 24.1 Å². The maximum absolute atomic E-state index is 13.1. The molecule has 1 aromatic carbocycles. The van der Waals surface area contributed by atoms with E-state index in [1.165, 1.54) is 4.90 Å². The molecule has 1 N–H and O–H groups in total. The second-order valence-electron chi connectivity index (χ2n) is 8.32. The Balaban J connectivity index is 1.31. The Labute approximate surface area is 163 Å². The highest BCUT2D eigenvalue weighted by Crippen LogP contribution is 2.65. The molecule has 6 rings (SSSR count). The number of nitrogens with zero attached hydrogens (tertiary/aromatic N) is 1. The lowest BCUT2D eigenvalue weighted by atomic mass is 9.63. The van der Waals surface area contributed by atoms with E-state index in [9.17, 15) is 14.4 Å². The van der Waals surface area contributed by atoms with Gasteiger partial charge in [-0.25, -0.2) is 0 Å². The smallest absolute Gasteiger partial charge is 0.247 e. The maximum atomic E-state index is 13.1. The van der Waals surface area contributed by atoms with Gasteiger partial charge in [0.2, 0.25) is 17.7 Å². The van der Waals surface area contributed by atoms with Crippen molar-refractivity contribution >= 4 is 23.4 Å². The zero-order valence-electron chi connectivity index (χ0n) is 16.0. The van der Waals surface area contributed by atoms with Crippen LogP contribution in [0.2, 0.25) is 0 Å². The number of nitrogens with one attached hydrogen (secondary N) is 1. The van der Waals surface area contributed by atoms with Crippen molar-refractivity contribution in [3.05, 3.63) is 36.4 Å². The van der Waals surface area contributed by atoms with Crippen LogP contribution in [0.5, 0.6) is 5.75 Å². The largest absolute Gasteiger partial charge is 0.494 e. The van der Waals surface area contributed by atoms with Crippen LogP contribution in [0.1, 0.15) is 20.3 Å². The standard InChI is InChI=1S/C22H24N2O4/c1-3-28-13-6-4-12(5-7-13)23-20(25)11(2)24-21(26)18-14-8-9-15(17-10-16(14)17)19(18)22(24)27/h4-9,11,14-19H,3,10H2,1-2H3,(H,23,25)/t11-,14+,15+,16+,17+,18-,19-/m0/s1. The number of ether oxygens (including phenoxy) is 1.